The largest absolute Gasteiger partial charge is 0.497 e. The molecule has 7 heteroatoms. The molecule has 2 aromatic rings. The number of rotatable bonds is 7. The second-order valence-corrected chi connectivity index (χ2v) is 6.83. The Balaban J connectivity index is 2.28. The first-order valence-corrected chi connectivity index (χ1v) is 8.59. The van der Waals surface area contributed by atoms with Crippen LogP contribution in [-0.4, -0.2) is 41.2 Å². The number of carboxylic acid groups (broad SMARTS) is 1. The molecule has 0 saturated carbocycles. The average molecular weight is 375 g/mol. The molecule has 0 aliphatic carbocycles. The lowest BCUT2D eigenvalue weighted by molar-refractivity contribution is -0.146. The van der Waals surface area contributed by atoms with Crippen LogP contribution in [0.4, 0.5) is 0 Å². The van der Waals surface area contributed by atoms with E-state index >= 15 is 0 Å². The number of carbonyl (C=O) groups excluding carboxylic acids is 2. The average Bonchev–Trinajstić information content (AvgIpc) is 2.63. The molecule has 2 N–H and O–H groups in total. The molecule has 3 unspecified atom stereocenters. The van der Waals surface area contributed by atoms with Crippen LogP contribution in [0.15, 0.2) is 36.4 Å². The quantitative estimate of drug-likeness (QED) is 0.510. The fraction of sp³-hybridized carbons (Fsp3) is 0.316. The molecule has 2 rings (SSSR count). The number of nitrogens with one attached hydrogen (secondary N) is 1. The van der Waals surface area contributed by atoms with Crippen molar-refractivity contribution in [2.24, 2.45) is 0 Å². The lowest BCUT2D eigenvalue weighted by Gasteiger charge is -2.19. The van der Waals surface area contributed by atoms with E-state index in [4.69, 9.17) is 4.74 Å². The number of carbonyl (C=O) groups is 3. The van der Waals surface area contributed by atoms with E-state index in [1.165, 1.54) is 6.92 Å². The Kier molecular flexibility index (Phi) is 6.26. The molecule has 1 amide bonds. The zero-order valence-electron chi connectivity index (χ0n) is 14.7. The van der Waals surface area contributed by atoms with Gasteiger partial charge in [-0.3, -0.25) is 9.59 Å². The van der Waals surface area contributed by atoms with Crippen LogP contribution in [-0.2, 0) is 14.4 Å². The summed E-state index contributed by atoms with van der Waals surface area (Å²) in [6.07, 6.45) is 0. The molecule has 0 radical (unpaired) electrons. The van der Waals surface area contributed by atoms with Gasteiger partial charge in [0, 0.05) is 5.92 Å². The number of aliphatic carboxylic acids is 1. The highest BCUT2D eigenvalue weighted by Crippen LogP contribution is 2.26. The molecule has 26 heavy (non-hydrogen) atoms. The lowest BCUT2D eigenvalue weighted by atomic mass is 9.90. The van der Waals surface area contributed by atoms with Crippen LogP contribution in [0.3, 0.4) is 0 Å². The highest BCUT2D eigenvalue weighted by molar-refractivity contribution is 7.81. The standard InChI is InChI=1S/C19H21NO5S/c1-10(17(21)16(19(23)24)20-18(22)11(2)26)12-4-5-14-9-15(25-3)7-6-13(14)8-12/h4-11,16,26H,1-3H3,(H,20,22)(H,23,24). The zero-order chi connectivity index (χ0) is 19.4. The number of carboxylic acids is 1. The van der Waals surface area contributed by atoms with Crippen LogP contribution in [0, 0.1) is 0 Å². The maximum absolute atomic E-state index is 12.6. The van der Waals surface area contributed by atoms with E-state index in [2.05, 4.69) is 17.9 Å². The number of amides is 1. The molecule has 0 aliphatic rings. The van der Waals surface area contributed by atoms with Crippen molar-refractivity contribution in [2.45, 2.75) is 31.1 Å². The van der Waals surface area contributed by atoms with Gasteiger partial charge in [0.15, 0.2) is 11.8 Å². The number of Topliss-reactive ketones (excluding diaryl/α,β-unsaturated/α-hetero) is 1. The van der Waals surface area contributed by atoms with Gasteiger partial charge in [-0.2, -0.15) is 12.6 Å². The van der Waals surface area contributed by atoms with Crippen LogP contribution in [0.1, 0.15) is 25.3 Å². The van der Waals surface area contributed by atoms with Gasteiger partial charge in [-0.15, -0.1) is 0 Å². The lowest BCUT2D eigenvalue weighted by Crippen LogP contribution is -2.49. The fourth-order valence-corrected chi connectivity index (χ4v) is 2.64. The Morgan fingerprint density at radius 1 is 1.08 bits per heavy atom. The number of ketones is 1. The number of ether oxygens (including phenoxy) is 1. The SMILES string of the molecule is COc1ccc2cc(C(C)C(=O)C(NC(=O)C(C)S)C(=O)O)ccc2c1. The summed E-state index contributed by atoms with van der Waals surface area (Å²) in [5.74, 6) is -2.56. The zero-order valence-corrected chi connectivity index (χ0v) is 15.6. The van der Waals surface area contributed by atoms with Gasteiger partial charge < -0.3 is 15.2 Å². The normalized spacial score (nSPS) is 14.3. The molecule has 0 aliphatic heterocycles. The highest BCUT2D eigenvalue weighted by Gasteiger charge is 2.32. The van der Waals surface area contributed by atoms with E-state index in [1.54, 1.807) is 20.1 Å². The van der Waals surface area contributed by atoms with Gasteiger partial charge >= 0.3 is 5.97 Å². The number of thiol groups is 1. The van der Waals surface area contributed by atoms with Crippen molar-refractivity contribution in [2.75, 3.05) is 7.11 Å². The Hall–Kier alpha value is -2.54. The summed E-state index contributed by atoms with van der Waals surface area (Å²) in [7, 11) is 1.59. The molecule has 0 spiro atoms. The molecular weight excluding hydrogens is 354 g/mol. The van der Waals surface area contributed by atoms with Crippen molar-refractivity contribution in [1.82, 2.24) is 5.32 Å². The first-order valence-electron chi connectivity index (χ1n) is 8.07. The molecule has 6 nitrogen and oxygen atoms in total. The van der Waals surface area contributed by atoms with Crippen LogP contribution in [0.2, 0.25) is 0 Å². The summed E-state index contributed by atoms with van der Waals surface area (Å²) < 4.78 is 5.19. The van der Waals surface area contributed by atoms with Gasteiger partial charge in [-0.1, -0.05) is 31.2 Å². The summed E-state index contributed by atoms with van der Waals surface area (Å²) in [6.45, 7) is 3.13. The molecule has 0 bridgehead atoms. The summed E-state index contributed by atoms with van der Waals surface area (Å²) in [5.41, 5.74) is 0.673. The van der Waals surface area contributed by atoms with E-state index in [0.29, 0.717) is 5.56 Å². The van der Waals surface area contributed by atoms with E-state index in [9.17, 15) is 19.5 Å². The topological polar surface area (TPSA) is 92.7 Å². The van der Waals surface area contributed by atoms with Crippen molar-refractivity contribution >= 4 is 41.1 Å². The third kappa shape index (κ3) is 4.35. The van der Waals surface area contributed by atoms with Crippen molar-refractivity contribution < 1.29 is 24.2 Å². The Bertz CT molecular complexity index is 849. The predicted octanol–water partition coefficient (Wildman–Crippen LogP) is 2.41. The van der Waals surface area contributed by atoms with Gasteiger partial charge in [0.2, 0.25) is 5.91 Å². The minimum Gasteiger partial charge on any atom is -0.497 e. The van der Waals surface area contributed by atoms with Crippen LogP contribution >= 0.6 is 12.6 Å². The molecular formula is C19H21NO5S. The van der Waals surface area contributed by atoms with E-state index in [0.717, 1.165) is 16.5 Å². The van der Waals surface area contributed by atoms with Crippen LogP contribution in [0.25, 0.3) is 10.8 Å². The molecule has 0 fully saturated rings. The first-order chi connectivity index (χ1) is 12.2. The molecule has 0 heterocycles. The van der Waals surface area contributed by atoms with E-state index in [1.807, 2.05) is 30.3 Å². The van der Waals surface area contributed by atoms with Gasteiger partial charge in [0.1, 0.15) is 5.75 Å². The molecule has 2 aromatic carbocycles. The number of methoxy groups -OCH3 is 1. The monoisotopic (exact) mass is 375 g/mol. The maximum Gasteiger partial charge on any atom is 0.334 e. The molecule has 138 valence electrons. The number of hydrogen-bond donors (Lipinski definition) is 3. The third-order valence-corrected chi connectivity index (χ3v) is 4.43. The first kappa shape index (κ1) is 19.8. The predicted molar refractivity (Wildman–Crippen MR) is 102 cm³/mol. The van der Waals surface area contributed by atoms with Gasteiger partial charge in [-0.05, 0) is 35.4 Å². The summed E-state index contributed by atoms with van der Waals surface area (Å²) in [6, 6.07) is 9.40. The second kappa shape index (κ2) is 8.23. The third-order valence-electron chi connectivity index (χ3n) is 4.20. The number of hydrogen-bond acceptors (Lipinski definition) is 5. The van der Waals surface area contributed by atoms with Crippen molar-refractivity contribution in [3.8, 4) is 5.75 Å². The summed E-state index contributed by atoms with van der Waals surface area (Å²) >= 11 is 3.96. The van der Waals surface area contributed by atoms with E-state index < -0.39 is 34.9 Å². The van der Waals surface area contributed by atoms with Crippen LogP contribution < -0.4 is 10.1 Å². The van der Waals surface area contributed by atoms with Crippen LogP contribution in [0.5, 0.6) is 5.75 Å². The molecule has 0 aromatic heterocycles. The Morgan fingerprint density at radius 2 is 1.69 bits per heavy atom. The van der Waals surface area contributed by atoms with E-state index in [-0.39, 0.29) is 0 Å². The minimum absolute atomic E-state index is 0.590. The van der Waals surface area contributed by atoms with Crippen molar-refractivity contribution in [1.29, 1.82) is 0 Å². The number of fused-ring (bicyclic) bond motifs is 1. The maximum atomic E-state index is 12.6. The summed E-state index contributed by atoms with van der Waals surface area (Å²) in [5, 5.41) is 12.7. The fourth-order valence-electron chi connectivity index (χ4n) is 2.57. The van der Waals surface area contributed by atoms with Gasteiger partial charge in [0.25, 0.3) is 0 Å². The van der Waals surface area contributed by atoms with Gasteiger partial charge in [0.05, 0.1) is 12.4 Å². The second-order valence-electron chi connectivity index (χ2n) is 6.05. The Labute approximate surface area is 156 Å². The van der Waals surface area contributed by atoms with Crippen molar-refractivity contribution in [3.63, 3.8) is 0 Å². The van der Waals surface area contributed by atoms with Gasteiger partial charge in [-0.25, -0.2) is 4.79 Å². The minimum atomic E-state index is -1.61. The molecule has 3 atom stereocenters. The summed E-state index contributed by atoms with van der Waals surface area (Å²) in [4.78, 5) is 35.8. The Morgan fingerprint density at radius 3 is 2.27 bits per heavy atom. The molecule has 0 saturated heterocycles. The smallest absolute Gasteiger partial charge is 0.334 e. The number of benzene rings is 2. The van der Waals surface area contributed by atoms with Crippen molar-refractivity contribution in [3.05, 3.63) is 42.0 Å². The highest BCUT2D eigenvalue weighted by atomic mass is 32.1.